The van der Waals surface area contributed by atoms with Crippen LogP contribution in [0.5, 0.6) is 0 Å². The SMILES string of the molecule is Cc1cc(Cl)cc(C(=O)NCC2CC2)c1NC(=O)c1cc(Cn2ncc(C(F)(C(F)(F)F)C(F)(F)F)n2)nn1-c1ncccc1Cl. The summed E-state index contributed by atoms with van der Waals surface area (Å²) in [6.45, 7) is 1.34. The molecule has 3 heterocycles. The number of rotatable bonds is 9. The molecule has 1 aliphatic rings. The molecule has 1 saturated carbocycles. The van der Waals surface area contributed by atoms with Crippen LogP contribution in [0.1, 0.15) is 50.6 Å². The van der Waals surface area contributed by atoms with Crippen molar-refractivity contribution in [3.63, 3.8) is 0 Å². The summed E-state index contributed by atoms with van der Waals surface area (Å²) in [5, 5.41) is 16.3. The lowest BCUT2D eigenvalue weighted by Crippen LogP contribution is -2.50. The number of hydrogen-bond acceptors (Lipinski definition) is 6. The van der Waals surface area contributed by atoms with Crippen molar-refractivity contribution in [1.82, 2.24) is 35.1 Å². The van der Waals surface area contributed by atoms with Crippen LogP contribution in [0.15, 0.2) is 42.7 Å². The summed E-state index contributed by atoms with van der Waals surface area (Å²) in [7, 11) is 0. The number of aryl methyl sites for hydroxylation is 1. The fraction of sp³-hybridized carbons (Fsp3) is 0.333. The van der Waals surface area contributed by atoms with Crippen molar-refractivity contribution in [2.75, 3.05) is 11.9 Å². The third-order valence-corrected chi connectivity index (χ3v) is 7.45. The van der Waals surface area contributed by atoms with Gasteiger partial charge in [0.05, 0.1) is 28.2 Å². The molecule has 5 rings (SSSR count). The van der Waals surface area contributed by atoms with Crippen molar-refractivity contribution >= 4 is 40.7 Å². The Morgan fingerprint density at radius 1 is 1.00 bits per heavy atom. The molecule has 0 spiro atoms. The van der Waals surface area contributed by atoms with Crippen LogP contribution < -0.4 is 10.6 Å². The predicted molar refractivity (Wildman–Crippen MR) is 150 cm³/mol. The minimum Gasteiger partial charge on any atom is -0.352 e. The fourth-order valence-electron chi connectivity index (χ4n) is 4.41. The van der Waals surface area contributed by atoms with Crippen LogP contribution in [0, 0.1) is 12.8 Å². The second kappa shape index (κ2) is 12.2. The quantitative estimate of drug-likeness (QED) is 0.202. The summed E-state index contributed by atoms with van der Waals surface area (Å²) in [5.74, 6) is -1.05. The van der Waals surface area contributed by atoms with Gasteiger partial charge in [-0.3, -0.25) is 9.59 Å². The molecule has 19 heteroatoms. The maximum Gasteiger partial charge on any atom is 0.437 e. The van der Waals surface area contributed by atoms with Gasteiger partial charge in [-0.15, -0.1) is 0 Å². The van der Waals surface area contributed by atoms with Crippen LogP contribution in [0.2, 0.25) is 10.0 Å². The second-order valence-corrected chi connectivity index (χ2v) is 11.3. The summed E-state index contributed by atoms with van der Waals surface area (Å²) < 4.78 is 94.6. The number of benzene rings is 1. The lowest BCUT2D eigenvalue weighted by molar-refractivity contribution is -0.350. The van der Waals surface area contributed by atoms with Crippen molar-refractivity contribution in [2.24, 2.45) is 5.92 Å². The van der Waals surface area contributed by atoms with Gasteiger partial charge in [0, 0.05) is 17.8 Å². The summed E-state index contributed by atoms with van der Waals surface area (Å²) in [4.78, 5) is 31.1. The maximum atomic E-state index is 14.5. The average molecular weight is 693 g/mol. The molecule has 0 saturated heterocycles. The zero-order valence-corrected chi connectivity index (χ0v) is 24.9. The number of aromatic nitrogens is 6. The minimum atomic E-state index is -6.39. The van der Waals surface area contributed by atoms with Gasteiger partial charge in [0.25, 0.3) is 11.8 Å². The number of carbonyl (C=O) groups is 2. The number of pyridine rings is 1. The number of amides is 2. The van der Waals surface area contributed by atoms with Crippen LogP contribution in [0.4, 0.5) is 36.4 Å². The highest BCUT2D eigenvalue weighted by atomic mass is 35.5. The normalized spacial score (nSPS) is 14.0. The second-order valence-electron chi connectivity index (χ2n) is 10.4. The number of halogens is 9. The van der Waals surface area contributed by atoms with Gasteiger partial charge in [-0.1, -0.05) is 23.2 Å². The number of alkyl halides is 7. The van der Waals surface area contributed by atoms with E-state index in [1.54, 1.807) is 6.92 Å². The molecule has 10 nitrogen and oxygen atoms in total. The Kier molecular flexibility index (Phi) is 8.76. The third kappa shape index (κ3) is 6.51. The van der Waals surface area contributed by atoms with Crippen molar-refractivity contribution in [3.8, 4) is 5.82 Å². The zero-order valence-electron chi connectivity index (χ0n) is 23.3. The van der Waals surface area contributed by atoms with E-state index in [9.17, 15) is 40.3 Å². The van der Waals surface area contributed by atoms with Gasteiger partial charge in [0.1, 0.15) is 17.9 Å². The van der Waals surface area contributed by atoms with Crippen LogP contribution in [-0.4, -0.2) is 60.5 Å². The van der Waals surface area contributed by atoms with E-state index in [0.717, 1.165) is 23.6 Å². The van der Waals surface area contributed by atoms with Crippen molar-refractivity contribution in [3.05, 3.63) is 81.0 Å². The molecule has 0 atom stereocenters. The summed E-state index contributed by atoms with van der Waals surface area (Å²) in [5.41, 5.74) is -7.64. The molecule has 4 aromatic rings. The first-order chi connectivity index (χ1) is 21.5. The van der Waals surface area contributed by atoms with E-state index in [1.165, 1.54) is 30.5 Å². The molecule has 3 aromatic heterocycles. The number of nitrogens with one attached hydrogen (secondary N) is 2. The lowest BCUT2D eigenvalue weighted by atomic mass is 10.0. The van der Waals surface area contributed by atoms with Gasteiger partial charge in [0.15, 0.2) is 5.82 Å². The number of nitrogens with zero attached hydrogens (tertiary/aromatic N) is 6. The van der Waals surface area contributed by atoms with Crippen LogP contribution in [0.3, 0.4) is 0 Å². The largest absolute Gasteiger partial charge is 0.437 e. The average Bonchev–Trinajstić information content (AvgIpc) is 3.52. The molecule has 0 aliphatic heterocycles. The lowest BCUT2D eigenvalue weighted by Gasteiger charge is -2.27. The molecule has 46 heavy (non-hydrogen) atoms. The van der Waals surface area contributed by atoms with E-state index in [2.05, 4.69) is 30.9 Å². The standard InChI is InChI=1S/C27H21Cl2F7N8O2/c1-13-7-15(28)8-17(23(45)38-10-14-4-5-14)21(13)40-24(46)19-9-16(41-44(19)22-18(29)3-2-6-37-22)12-43-39-11-20(42-43)25(30,26(31,32)33)27(34,35)36/h2-3,6-9,11,14H,4-5,10,12H2,1H3,(H,38,45)(H,40,46). The number of hydrogen-bond donors (Lipinski definition) is 2. The first kappa shape index (κ1) is 33.1. The van der Waals surface area contributed by atoms with E-state index in [0.29, 0.717) is 22.8 Å². The van der Waals surface area contributed by atoms with Gasteiger partial charge in [-0.2, -0.15) is 46.4 Å². The first-order valence-electron chi connectivity index (χ1n) is 13.3. The molecule has 2 amide bonds. The van der Waals surface area contributed by atoms with Crippen LogP contribution in [-0.2, 0) is 12.2 Å². The maximum absolute atomic E-state index is 14.5. The molecule has 244 valence electrons. The van der Waals surface area contributed by atoms with Gasteiger partial charge in [-0.05, 0) is 61.6 Å². The Morgan fingerprint density at radius 3 is 2.33 bits per heavy atom. The summed E-state index contributed by atoms with van der Waals surface area (Å²) >= 11 is 12.5. The Bertz CT molecular complexity index is 1790. The molecule has 2 N–H and O–H groups in total. The van der Waals surface area contributed by atoms with Crippen molar-refractivity contribution < 1.29 is 40.3 Å². The molecule has 1 fully saturated rings. The van der Waals surface area contributed by atoms with Crippen molar-refractivity contribution in [2.45, 2.75) is 44.3 Å². The Labute approximate surface area is 264 Å². The van der Waals surface area contributed by atoms with Crippen LogP contribution >= 0.6 is 23.2 Å². The molecular weight excluding hydrogens is 672 g/mol. The minimum absolute atomic E-state index is 0.000323. The van der Waals surface area contributed by atoms with E-state index in [-0.39, 0.29) is 44.7 Å². The highest BCUT2D eigenvalue weighted by Crippen LogP contribution is 2.52. The van der Waals surface area contributed by atoms with E-state index in [1.807, 2.05) is 0 Å². The molecule has 1 aliphatic carbocycles. The van der Waals surface area contributed by atoms with Crippen LogP contribution in [0.25, 0.3) is 5.82 Å². The smallest absolute Gasteiger partial charge is 0.352 e. The summed E-state index contributed by atoms with van der Waals surface area (Å²) in [6, 6.07) is 6.92. The summed E-state index contributed by atoms with van der Waals surface area (Å²) in [6.07, 6.45) is -9.48. The van der Waals surface area contributed by atoms with Gasteiger partial charge >= 0.3 is 18.0 Å². The zero-order chi connectivity index (χ0) is 33.6. The Morgan fingerprint density at radius 2 is 1.70 bits per heavy atom. The first-order valence-corrected chi connectivity index (χ1v) is 14.1. The van der Waals surface area contributed by atoms with Gasteiger partial charge < -0.3 is 10.6 Å². The monoisotopic (exact) mass is 692 g/mol. The van der Waals surface area contributed by atoms with E-state index >= 15 is 0 Å². The Hall–Kier alpha value is -4.25. The Balaban J connectivity index is 1.50. The van der Waals surface area contributed by atoms with E-state index < -0.39 is 42.1 Å². The highest BCUT2D eigenvalue weighted by Gasteiger charge is 2.75. The molecule has 0 unspecified atom stereocenters. The van der Waals surface area contributed by atoms with Gasteiger partial charge in [0.2, 0.25) is 0 Å². The molecule has 0 radical (unpaired) electrons. The van der Waals surface area contributed by atoms with Crippen molar-refractivity contribution in [1.29, 1.82) is 0 Å². The predicted octanol–water partition coefficient (Wildman–Crippen LogP) is 6.20. The van der Waals surface area contributed by atoms with E-state index in [4.69, 9.17) is 23.2 Å². The topological polar surface area (TPSA) is 120 Å². The number of carbonyl (C=O) groups excluding carboxylic acids is 2. The molecular formula is C27H21Cl2F7N8O2. The van der Waals surface area contributed by atoms with Gasteiger partial charge in [-0.25, -0.2) is 14.1 Å². The molecule has 1 aromatic carbocycles. The number of anilines is 1. The third-order valence-electron chi connectivity index (χ3n) is 6.94. The molecule has 0 bridgehead atoms. The highest BCUT2D eigenvalue weighted by molar-refractivity contribution is 6.32. The fourth-order valence-corrected chi connectivity index (χ4v) is 4.89.